The molecular formula is C19H24N2O2. The van der Waals surface area contributed by atoms with Crippen LogP contribution in [-0.2, 0) is 6.42 Å². The van der Waals surface area contributed by atoms with E-state index in [4.69, 9.17) is 4.74 Å². The summed E-state index contributed by atoms with van der Waals surface area (Å²) in [5.41, 5.74) is 4.25. The molecule has 0 saturated carbocycles. The van der Waals surface area contributed by atoms with E-state index < -0.39 is 0 Å². The van der Waals surface area contributed by atoms with Crippen molar-refractivity contribution in [3.63, 3.8) is 0 Å². The summed E-state index contributed by atoms with van der Waals surface area (Å²) in [5.74, 6) is 0.819. The molecule has 0 unspecified atom stereocenters. The fourth-order valence-electron chi connectivity index (χ4n) is 2.40. The Morgan fingerprint density at radius 3 is 2.65 bits per heavy atom. The highest BCUT2D eigenvalue weighted by Gasteiger charge is 2.07. The van der Waals surface area contributed by atoms with E-state index in [1.54, 1.807) is 0 Å². The van der Waals surface area contributed by atoms with Gasteiger partial charge in [-0.15, -0.1) is 0 Å². The number of aryl methyl sites for hydroxylation is 3. The Labute approximate surface area is 137 Å². The molecule has 0 atom stereocenters. The molecule has 23 heavy (non-hydrogen) atoms. The molecule has 0 aliphatic carbocycles. The van der Waals surface area contributed by atoms with Gasteiger partial charge in [0.2, 0.25) is 0 Å². The highest BCUT2D eigenvalue weighted by molar-refractivity contribution is 5.91. The number of carbonyl (C=O) groups excluding carboxylic acids is 1. The third-order valence-electron chi connectivity index (χ3n) is 3.62. The van der Waals surface area contributed by atoms with Crippen LogP contribution in [0.25, 0.3) is 0 Å². The summed E-state index contributed by atoms with van der Waals surface area (Å²) in [6.07, 6.45) is 0.883. The number of ether oxygens (including phenoxy) is 1. The van der Waals surface area contributed by atoms with E-state index >= 15 is 0 Å². The molecule has 0 bridgehead atoms. The number of para-hydroxylation sites is 1. The van der Waals surface area contributed by atoms with Crippen LogP contribution in [0.15, 0.2) is 42.5 Å². The summed E-state index contributed by atoms with van der Waals surface area (Å²) in [6, 6.07) is 13.7. The van der Waals surface area contributed by atoms with Crippen molar-refractivity contribution in [2.45, 2.75) is 27.2 Å². The maximum absolute atomic E-state index is 12.0. The van der Waals surface area contributed by atoms with Crippen LogP contribution >= 0.6 is 0 Å². The fourth-order valence-corrected chi connectivity index (χ4v) is 2.40. The zero-order chi connectivity index (χ0) is 16.7. The zero-order valence-electron chi connectivity index (χ0n) is 14.0. The molecular weight excluding hydrogens is 288 g/mol. The van der Waals surface area contributed by atoms with Gasteiger partial charge < -0.3 is 15.4 Å². The number of urea groups is 1. The van der Waals surface area contributed by atoms with Crippen molar-refractivity contribution in [2.24, 2.45) is 0 Å². The van der Waals surface area contributed by atoms with E-state index in [0.717, 1.165) is 34.5 Å². The molecule has 0 aliphatic rings. The van der Waals surface area contributed by atoms with Crippen molar-refractivity contribution in [1.29, 1.82) is 0 Å². The molecule has 2 N–H and O–H groups in total. The van der Waals surface area contributed by atoms with Crippen LogP contribution in [0.1, 0.15) is 23.6 Å². The summed E-state index contributed by atoms with van der Waals surface area (Å²) in [7, 11) is 0. The van der Waals surface area contributed by atoms with E-state index in [2.05, 4.69) is 17.6 Å². The molecule has 0 radical (unpaired) electrons. The number of hydrogen-bond donors (Lipinski definition) is 2. The number of benzene rings is 2. The van der Waals surface area contributed by atoms with E-state index in [0.29, 0.717) is 13.2 Å². The van der Waals surface area contributed by atoms with Gasteiger partial charge in [0.05, 0.1) is 6.54 Å². The Bertz CT molecular complexity index is 668. The van der Waals surface area contributed by atoms with Crippen LogP contribution in [-0.4, -0.2) is 19.2 Å². The van der Waals surface area contributed by atoms with Crippen LogP contribution in [0.4, 0.5) is 10.5 Å². The molecule has 2 aromatic rings. The van der Waals surface area contributed by atoms with Crippen molar-refractivity contribution >= 4 is 11.7 Å². The summed E-state index contributed by atoms with van der Waals surface area (Å²) >= 11 is 0. The van der Waals surface area contributed by atoms with Gasteiger partial charge in [-0.05, 0) is 49.1 Å². The lowest BCUT2D eigenvalue weighted by Crippen LogP contribution is -2.32. The molecule has 0 aromatic heterocycles. The third kappa shape index (κ3) is 5.02. The molecule has 0 fully saturated rings. The predicted octanol–water partition coefficient (Wildman–Crippen LogP) is 4.07. The first-order valence-corrected chi connectivity index (χ1v) is 7.93. The minimum absolute atomic E-state index is 0.207. The van der Waals surface area contributed by atoms with Gasteiger partial charge in [0.15, 0.2) is 0 Å². The first-order valence-electron chi connectivity index (χ1n) is 7.93. The average Bonchev–Trinajstić information content (AvgIpc) is 2.53. The Morgan fingerprint density at radius 1 is 1.13 bits per heavy atom. The first-order chi connectivity index (χ1) is 11.1. The predicted molar refractivity (Wildman–Crippen MR) is 94.3 cm³/mol. The van der Waals surface area contributed by atoms with Crippen LogP contribution < -0.4 is 15.4 Å². The van der Waals surface area contributed by atoms with Crippen LogP contribution in [0.3, 0.4) is 0 Å². The van der Waals surface area contributed by atoms with Gasteiger partial charge in [0, 0.05) is 5.69 Å². The largest absolute Gasteiger partial charge is 0.492 e. The molecule has 2 amide bonds. The Balaban J connectivity index is 1.80. The van der Waals surface area contributed by atoms with Gasteiger partial charge in [-0.1, -0.05) is 37.3 Å². The number of amides is 2. The number of rotatable bonds is 6. The third-order valence-corrected chi connectivity index (χ3v) is 3.62. The van der Waals surface area contributed by atoms with Crippen molar-refractivity contribution < 1.29 is 9.53 Å². The van der Waals surface area contributed by atoms with Gasteiger partial charge in [-0.25, -0.2) is 4.79 Å². The van der Waals surface area contributed by atoms with Gasteiger partial charge in [-0.2, -0.15) is 0 Å². The quantitative estimate of drug-likeness (QED) is 0.790. The summed E-state index contributed by atoms with van der Waals surface area (Å²) in [4.78, 5) is 12.0. The standard InChI is InChI=1S/C19H24N2O2/c1-4-16-9-6-8-15(3)18(16)21-19(22)20-11-12-23-17-10-5-7-14(2)13-17/h5-10,13H,4,11-12H2,1-3H3,(H2,20,21,22). The van der Waals surface area contributed by atoms with Crippen LogP contribution in [0.2, 0.25) is 0 Å². The molecule has 0 heterocycles. The molecule has 0 aliphatic heterocycles. The highest BCUT2D eigenvalue weighted by atomic mass is 16.5. The molecule has 0 saturated heterocycles. The molecule has 2 aromatic carbocycles. The Hall–Kier alpha value is -2.49. The van der Waals surface area contributed by atoms with E-state index in [1.165, 1.54) is 0 Å². The van der Waals surface area contributed by atoms with Gasteiger partial charge >= 0.3 is 6.03 Å². The Morgan fingerprint density at radius 2 is 1.91 bits per heavy atom. The summed E-state index contributed by atoms with van der Waals surface area (Å²) < 4.78 is 5.61. The van der Waals surface area contributed by atoms with Gasteiger partial charge in [0.25, 0.3) is 0 Å². The molecule has 4 nitrogen and oxygen atoms in total. The van der Waals surface area contributed by atoms with Crippen molar-refractivity contribution in [3.05, 3.63) is 59.2 Å². The maximum Gasteiger partial charge on any atom is 0.319 e. The molecule has 4 heteroatoms. The number of carbonyl (C=O) groups is 1. The monoisotopic (exact) mass is 312 g/mol. The number of anilines is 1. The minimum atomic E-state index is -0.207. The summed E-state index contributed by atoms with van der Waals surface area (Å²) in [6.45, 7) is 6.98. The summed E-state index contributed by atoms with van der Waals surface area (Å²) in [5, 5.41) is 5.75. The Kier molecular flexibility index (Phi) is 6.03. The second-order valence-electron chi connectivity index (χ2n) is 5.51. The lowest BCUT2D eigenvalue weighted by molar-refractivity contribution is 0.247. The zero-order valence-corrected chi connectivity index (χ0v) is 14.0. The van der Waals surface area contributed by atoms with E-state index in [-0.39, 0.29) is 6.03 Å². The minimum Gasteiger partial charge on any atom is -0.492 e. The maximum atomic E-state index is 12.0. The topological polar surface area (TPSA) is 50.4 Å². The van der Waals surface area contributed by atoms with E-state index in [9.17, 15) is 4.79 Å². The average molecular weight is 312 g/mol. The SMILES string of the molecule is CCc1cccc(C)c1NC(=O)NCCOc1cccc(C)c1. The second-order valence-corrected chi connectivity index (χ2v) is 5.51. The number of hydrogen-bond acceptors (Lipinski definition) is 2. The fraction of sp³-hybridized carbons (Fsp3) is 0.316. The van der Waals surface area contributed by atoms with Crippen molar-refractivity contribution in [2.75, 3.05) is 18.5 Å². The van der Waals surface area contributed by atoms with Crippen LogP contribution in [0, 0.1) is 13.8 Å². The van der Waals surface area contributed by atoms with Gasteiger partial charge in [0.1, 0.15) is 12.4 Å². The number of nitrogens with one attached hydrogen (secondary N) is 2. The smallest absolute Gasteiger partial charge is 0.319 e. The molecule has 0 spiro atoms. The van der Waals surface area contributed by atoms with Gasteiger partial charge in [-0.3, -0.25) is 0 Å². The highest BCUT2D eigenvalue weighted by Crippen LogP contribution is 2.20. The van der Waals surface area contributed by atoms with Crippen molar-refractivity contribution in [1.82, 2.24) is 5.32 Å². The van der Waals surface area contributed by atoms with E-state index in [1.807, 2.05) is 56.3 Å². The lowest BCUT2D eigenvalue weighted by Gasteiger charge is -2.14. The van der Waals surface area contributed by atoms with Crippen molar-refractivity contribution in [3.8, 4) is 5.75 Å². The molecule has 122 valence electrons. The first kappa shape index (κ1) is 16.9. The lowest BCUT2D eigenvalue weighted by atomic mass is 10.1. The van der Waals surface area contributed by atoms with Crippen LogP contribution in [0.5, 0.6) is 5.75 Å². The normalized spacial score (nSPS) is 10.2. The molecule has 2 rings (SSSR count). The second kappa shape index (κ2) is 8.22.